The van der Waals surface area contributed by atoms with E-state index >= 15 is 0 Å². The van der Waals surface area contributed by atoms with Crippen molar-refractivity contribution < 1.29 is 19.5 Å². The quantitative estimate of drug-likeness (QED) is 0.758. The highest BCUT2D eigenvalue weighted by molar-refractivity contribution is 6.32. The minimum absolute atomic E-state index is 0.0820. The van der Waals surface area contributed by atoms with E-state index in [1.165, 1.54) is 23.9 Å². The molecule has 7 nitrogen and oxygen atoms in total. The monoisotopic (exact) mass is 460 g/mol. The fraction of sp³-hybridized carbons (Fsp3) is 0.273. The summed E-state index contributed by atoms with van der Waals surface area (Å²) in [5.74, 6) is -3.29. The molecule has 1 atom stereocenters. The standard InChI is InChI=1S/C22H18Cl2N2O5/c1-10(2)18(28)17-19(29)21(31)26(13-8-15(24)20(30)25(3)9-13)22(17)14-5-4-12(23)6-11(14)7-16(22)27/h4-6,8-10,29H,7H2,1-3H3. The average molecular weight is 461 g/mol. The van der Waals surface area contributed by atoms with Gasteiger partial charge in [0, 0.05) is 30.6 Å². The number of aromatic nitrogens is 1. The second-order valence-electron chi connectivity index (χ2n) is 7.96. The van der Waals surface area contributed by atoms with E-state index in [0.717, 1.165) is 4.90 Å². The summed E-state index contributed by atoms with van der Waals surface area (Å²) in [6.45, 7) is 3.24. The van der Waals surface area contributed by atoms with Crippen LogP contribution in [0.1, 0.15) is 25.0 Å². The number of aliphatic hydroxyl groups excluding tert-OH is 1. The number of hydrogen-bond donors (Lipinski definition) is 1. The molecule has 1 amide bonds. The highest BCUT2D eigenvalue weighted by Gasteiger charge is 2.63. The zero-order chi connectivity index (χ0) is 22.8. The molecule has 1 aliphatic carbocycles. The molecule has 0 radical (unpaired) electrons. The molecule has 31 heavy (non-hydrogen) atoms. The summed E-state index contributed by atoms with van der Waals surface area (Å²) >= 11 is 12.2. The molecule has 1 aliphatic heterocycles. The molecule has 9 heteroatoms. The summed E-state index contributed by atoms with van der Waals surface area (Å²) in [6.07, 6.45) is 1.26. The molecule has 1 spiro atoms. The van der Waals surface area contributed by atoms with Crippen molar-refractivity contribution >= 4 is 46.4 Å². The molecule has 1 unspecified atom stereocenters. The maximum atomic E-state index is 13.6. The normalized spacial score (nSPS) is 20.4. The van der Waals surface area contributed by atoms with E-state index in [-0.39, 0.29) is 22.7 Å². The second kappa shape index (κ2) is 7.07. The van der Waals surface area contributed by atoms with Crippen molar-refractivity contribution in [1.82, 2.24) is 4.57 Å². The zero-order valence-electron chi connectivity index (χ0n) is 16.9. The Bertz CT molecular complexity index is 1250. The fourth-order valence-electron chi connectivity index (χ4n) is 4.35. The van der Waals surface area contributed by atoms with Gasteiger partial charge in [0.05, 0.1) is 11.3 Å². The Kier molecular flexibility index (Phi) is 4.87. The minimum atomic E-state index is -1.87. The summed E-state index contributed by atoms with van der Waals surface area (Å²) in [4.78, 5) is 53.2. The number of halogens is 2. The topological polar surface area (TPSA) is 96.7 Å². The third-order valence-electron chi connectivity index (χ3n) is 5.71. The van der Waals surface area contributed by atoms with Gasteiger partial charge in [0.15, 0.2) is 22.9 Å². The smallest absolute Gasteiger partial charge is 0.295 e. The lowest BCUT2D eigenvalue weighted by Gasteiger charge is -2.36. The third kappa shape index (κ3) is 2.80. The number of fused-ring (bicyclic) bond motifs is 2. The van der Waals surface area contributed by atoms with Gasteiger partial charge in [-0.2, -0.15) is 0 Å². The molecule has 0 bridgehead atoms. The molecule has 4 rings (SSSR count). The summed E-state index contributed by atoms with van der Waals surface area (Å²) in [7, 11) is 1.45. The van der Waals surface area contributed by atoms with Crippen molar-refractivity contribution in [3.63, 3.8) is 0 Å². The van der Waals surface area contributed by atoms with E-state index in [4.69, 9.17) is 23.2 Å². The van der Waals surface area contributed by atoms with E-state index < -0.39 is 40.2 Å². The van der Waals surface area contributed by atoms with Gasteiger partial charge in [-0.15, -0.1) is 0 Å². The van der Waals surface area contributed by atoms with Gasteiger partial charge >= 0.3 is 0 Å². The first-order chi connectivity index (χ1) is 14.5. The Hall–Kier alpha value is -2.90. The number of aryl methyl sites for hydroxylation is 1. The first-order valence-corrected chi connectivity index (χ1v) is 10.3. The first kappa shape index (κ1) is 21.3. The van der Waals surface area contributed by atoms with Gasteiger partial charge in [-0.1, -0.05) is 43.1 Å². The van der Waals surface area contributed by atoms with Crippen LogP contribution in [0, 0.1) is 5.92 Å². The van der Waals surface area contributed by atoms with Gasteiger partial charge in [0.2, 0.25) is 0 Å². The maximum Gasteiger partial charge on any atom is 0.295 e. The second-order valence-corrected chi connectivity index (χ2v) is 8.80. The molecule has 1 aromatic heterocycles. The molecule has 0 saturated heterocycles. The van der Waals surface area contributed by atoms with E-state index in [9.17, 15) is 24.3 Å². The highest BCUT2D eigenvalue weighted by Crippen LogP contribution is 2.52. The number of ketones is 2. The number of anilines is 1. The van der Waals surface area contributed by atoms with Gasteiger partial charge in [0.1, 0.15) is 5.02 Å². The number of aliphatic hydroxyl groups is 1. The zero-order valence-corrected chi connectivity index (χ0v) is 18.4. The Morgan fingerprint density at radius 3 is 2.45 bits per heavy atom. The van der Waals surface area contributed by atoms with Crippen LogP contribution in [0.25, 0.3) is 0 Å². The summed E-state index contributed by atoms with van der Waals surface area (Å²) < 4.78 is 1.17. The number of pyridine rings is 1. The number of amides is 1. The molecule has 2 heterocycles. The predicted molar refractivity (Wildman–Crippen MR) is 116 cm³/mol. The van der Waals surface area contributed by atoms with Crippen LogP contribution in [-0.2, 0) is 33.4 Å². The molecular formula is C22H18Cl2N2O5. The van der Waals surface area contributed by atoms with Gasteiger partial charge < -0.3 is 9.67 Å². The Labute approximate surface area is 187 Å². The van der Waals surface area contributed by atoms with Crippen molar-refractivity contribution in [2.45, 2.75) is 25.8 Å². The Morgan fingerprint density at radius 2 is 1.84 bits per heavy atom. The summed E-state index contributed by atoms with van der Waals surface area (Å²) in [5.41, 5.74) is -1.60. The average Bonchev–Trinajstić information content (AvgIpc) is 3.10. The summed E-state index contributed by atoms with van der Waals surface area (Å²) in [6, 6.07) is 6.00. The number of rotatable bonds is 3. The van der Waals surface area contributed by atoms with Gasteiger partial charge in [0.25, 0.3) is 11.5 Å². The molecular weight excluding hydrogens is 443 g/mol. The summed E-state index contributed by atoms with van der Waals surface area (Å²) in [5, 5.41) is 11.0. The lowest BCUT2D eigenvalue weighted by Crippen LogP contribution is -2.52. The minimum Gasteiger partial charge on any atom is -0.503 e. The lowest BCUT2D eigenvalue weighted by atomic mass is 9.78. The van der Waals surface area contributed by atoms with E-state index in [2.05, 4.69) is 0 Å². The van der Waals surface area contributed by atoms with Crippen LogP contribution in [0.5, 0.6) is 0 Å². The van der Waals surface area contributed by atoms with Crippen LogP contribution < -0.4 is 10.5 Å². The van der Waals surface area contributed by atoms with E-state index in [1.54, 1.807) is 32.0 Å². The van der Waals surface area contributed by atoms with E-state index in [1.807, 2.05) is 0 Å². The molecule has 0 fully saturated rings. The molecule has 2 aliphatic rings. The molecule has 160 valence electrons. The SMILES string of the molecule is CC(C)C(=O)C1=C(O)C(=O)N(c2cc(Cl)c(=O)n(C)c2)C12C(=O)Cc1cc(Cl)ccc12. The lowest BCUT2D eigenvalue weighted by molar-refractivity contribution is -0.126. The van der Waals surface area contributed by atoms with Crippen LogP contribution in [-0.4, -0.2) is 27.1 Å². The number of nitrogens with zero attached hydrogens (tertiary/aromatic N) is 2. The van der Waals surface area contributed by atoms with Crippen LogP contribution in [0.3, 0.4) is 0 Å². The van der Waals surface area contributed by atoms with Crippen molar-refractivity contribution in [1.29, 1.82) is 0 Å². The van der Waals surface area contributed by atoms with Gasteiger partial charge in [-0.05, 0) is 29.3 Å². The predicted octanol–water partition coefficient (Wildman–Crippen LogP) is 3.10. The van der Waals surface area contributed by atoms with Gasteiger partial charge in [-0.3, -0.25) is 24.1 Å². The van der Waals surface area contributed by atoms with Crippen molar-refractivity contribution in [2.75, 3.05) is 4.90 Å². The maximum absolute atomic E-state index is 13.6. The van der Waals surface area contributed by atoms with Crippen LogP contribution >= 0.6 is 23.2 Å². The number of carbonyl (C=O) groups is 3. The molecule has 1 aromatic carbocycles. The number of Topliss-reactive ketones (excluding diaryl/α,β-unsaturated/α-hetero) is 2. The van der Waals surface area contributed by atoms with Crippen molar-refractivity contribution in [3.8, 4) is 0 Å². The third-order valence-corrected chi connectivity index (χ3v) is 6.21. The largest absolute Gasteiger partial charge is 0.503 e. The number of hydrogen-bond acceptors (Lipinski definition) is 5. The fourth-order valence-corrected chi connectivity index (χ4v) is 4.79. The number of carbonyl (C=O) groups excluding carboxylic acids is 3. The number of benzene rings is 1. The first-order valence-electron chi connectivity index (χ1n) is 9.52. The Morgan fingerprint density at radius 1 is 1.16 bits per heavy atom. The Balaban J connectivity index is 2.11. The van der Waals surface area contributed by atoms with Crippen molar-refractivity contribution in [2.24, 2.45) is 13.0 Å². The van der Waals surface area contributed by atoms with Crippen LogP contribution in [0.2, 0.25) is 10.0 Å². The van der Waals surface area contributed by atoms with Crippen LogP contribution in [0.15, 0.2) is 46.6 Å². The van der Waals surface area contributed by atoms with E-state index in [0.29, 0.717) is 16.1 Å². The molecule has 1 N–H and O–H groups in total. The van der Waals surface area contributed by atoms with Crippen LogP contribution in [0.4, 0.5) is 5.69 Å². The van der Waals surface area contributed by atoms with Crippen molar-refractivity contribution in [3.05, 3.63) is 73.3 Å². The highest BCUT2D eigenvalue weighted by atomic mass is 35.5. The molecule has 0 saturated carbocycles. The molecule has 2 aromatic rings. The van der Waals surface area contributed by atoms with Gasteiger partial charge in [-0.25, -0.2) is 0 Å².